The summed E-state index contributed by atoms with van der Waals surface area (Å²) in [5.41, 5.74) is 4.29. The normalized spacial score (nSPS) is 26.2. The summed E-state index contributed by atoms with van der Waals surface area (Å²) < 4.78 is 0. The standard InChI is InChI=1S/C15H23N/c1-10-8-14(9-10)16-13(4)15-7-5-6-11(2)12(15)3/h5-7,10,13-14,16H,8-9H2,1-4H3. The molecule has 1 aromatic rings. The van der Waals surface area contributed by atoms with Crippen LogP contribution in [0.1, 0.15) is 49.4 Å². The second-order valence-corrected chi connectivity index (χ2v) is 5.45. The van der Waals surface area contributed by atoms with Crippen molar-refractivity contribution < 1.29 is 0 Å². The van der Waals surface area contributed by atoms with E-state index in [1.54, 1.807) is 0 Å². The van der Waals surface area contributed by atoms with Crippen molar-refractivity contribution in [2.75, 3.05) is 0 Å². The second-order valence-electron chi connectivity index (χ2n) is 5.45. The van der Waals surface area contributed by atoms with Crippen molar-refractivity contribution in [3.8, 4) is 0 Å². The van der Waals surface area contributed by atoms with Crippen LogP contribution < -0.4 is 5.32 Å². The van der Waals surface area contributed by atoms with Gasteiger partial charge in [-0.3, -0.25) is 0 Å². The number of rotatable bonds is 3. The van der Waals surface area contributed by atoms with Crippen molar-refractivity contribution in [2.24, 2.45) is 5.92 Å². The van der Waals surface area contributed by atoms with E-state index in [1.807, 2.05) is 0 Å². The van der Waals surface area contributed by atoms with Crippen LogP contribution in [0.15, 0.2) is 18.2 Å². The summed E-state index contributed by atoms with van der Waals surface area (Å²) in [6.07, 6.45) is 2.68. The largest absolute Gasteiger partial charge is 0.307 e. The van der Waals surface area contributed by atoms with E-state index in [0.717, 1.165) is 12.0 Å². The molecule has 0 heterocycles. The lowest BCUT2D eigenvalue weighted by Crippen LogP contribution is -2.41. The van der Waals surface area contributed by atoms with E-state index < -0.39 is 0 Å². The first kappa shape index (κ1) is 11.7. The number of aryl methyl sites for hydroxylation is 1. The van der Waals surface area contributed by atoms with Crippen LogP contribution in [0.5, 0.6) is 0 Å². The Hall–Kier alpha value is -0.820. The maximum Gasteiger partial charge on any atom is 0.0297 e. The smallest absolute Gasteiger partial charge is 0.0297 e. The van der Waals surface area contributed by atoms with Gasteiger partial charge < -0.3 is 5.32 Å². The minimum atomic E-state index is 0.484. The van der Waals surface area contributed by atoms with Gasteiger partial charge in [-0.05, 0) is 56.2 Å². The Morgan fingerprint density at radius 1 is 1.25 bits per heavy atom. The van der Waals surface area contributed by atoms with Gasteiger partial charge in [0, 0.05) is 12.1 Å². The zero-order valence-electron chi connectivity index (χ0n) is 10.9. The first-order chi connectivity index (χ1) is 7.58. The summed E-state index contributed by atoms with van der Waals surface area (Å²) in [7, 11) is 0. The zero-order valence-corrected chi connectivity index (χ0v) is 10.9. The van der Waals surface area contributed by atoms with Gasteiger partial charge in [-0.2, -0.15) is 0 Å². The van der Waals surface area contributed by atoms with Crippen LogP contribution in [0.2, 0.25) is 0 Å². The lowest BCUT2D eigenvalue weighted by Gasteiger charge is -2.36. The van der Waals surface area contributed by atoms with Crippen molar-refractivity contribution in [3.63, 3.8) is 0 Å². The molecule has 1 atom stereocenters. The molecule has 0 radical (unpaired) electrons. The molecule has 1 unspecified atom stereocenters. The fourth-order valence-electron chi connectivity index (χ4n) is 2.72. The number of nitrogens with one attached hydrogen (secondary N) is 1. The van der Waals surface area contributed by atoms with Gasteiger partial charge in [-0.25, -0.2) is 0 Å². The van der Waals surface area contributed by atoms with Crippen LogP contribution in [-0.2, 0) is 0 Å². The number of benzene rings is 1. The third kappa shape index (κ3) is 2.30. The lowest BCUT2D eigenvalue weighted by atomic mass is 9.81. The Morgan fingerprint density at radius 3 is 2.56 bits per heavy atom. The fourth-order valence-corrected chi connectivity index (χ4v) is 2.72. The molecule has 1 aliphatic rings. The van der Waals surface area contributed by atoms with Gasteiger partial charge in [0.25, 0.3) is 0 Å². The molecule has 1 nitrogen and oxygen atoms in total. The molecule has 1 N–H and O–H groups in total. The van der Waals surface area contributed by atoms with E-state index in [-0.39, 0.29) is 0 Å². The minimum Gasteiger partial charge on any atom is -0.307 e. The highest BCUT2D eigenvalue weighted by Gasteiger charge is 2.26. The van der Waals surface area contributed by atoms with Crippen LogP contribution in [0.25, 0.3) is 0 Å². The zero-order chi connectivity index (χ0) is 11.7. The predicted octanol–water partition coefficient (Wildman–Crippen LogP) is 3.75. The summed E-state index contributed by atoms with van der Waals surface area (Å²) in [5, 5.41) is 3.73. The molecular formula is C15H23N. The highest BCUT2D eigenvalue weighted by molar-refractivity contribution is 5.35. The third-order valence-corrected chi connectivity index (χ3v) is 3.97. The number of hydrogen-bond donors (Lipinski definition) is 1. The van der Waals surface area contributed by atoms with Gasteiger partial charge >= 0.3 is 0 Å². The van der Waals surface area contributed by atoms with Gasteiger partial charge in [0.05, 0.1) is 0 Å². The summed E-state index contributed by atoms with van der Waals surface area (Å²) in [6.45, 7) is 9.04. The molecule has 2 rings (SSSR count). The second kappa shape index (κ2) is 4.58. The van der Waals surface area contributed by atoms with Crippen molar-refractivity contribution >= 4 is 0 Å². The van der Waals surface area contributed by atoms with E-state index in [1.165, 1.54) is 29.5 Å². The Bertz CT molecular complexity index is 364. The van der Waals surface area contributed by atoms with E-state index in [4.69, 9.17) is 0 Å². The Kier molecular flexibility index (Phi) is 3.34. The first-order valence-corrected chi connectivity index (χ1v) is 6.40. The van der Waals surface area contributed by atoms with Crippen LogP contribution >= 0.6 is 0 Å². The molecule has 1 fully saturated rings. The van der Waals surface area contributed by atoms with Crippen molar-refractivity contribution in [1.82, 2.24) is 5.32 Å². The van der Waals surface area contributed by atoms with Crippen molar-refractivity contribution in [3.05, 3.63) is 34.9 Å². The summed E-state index contributed by atoms with van der Waals surface area (Å²) in [6, 6.07) is 7.83. The molecule has 0 spiro atoms. The molecule has 1 aromatic carbocycles. The first-order valence-electron chi connectivity index (χ1n) is 6.40. The SMILES string of the molecule is Cc1cccc(C(C)NC2CC(C)C2)c1C. The maximum absolute atomic E-state index is 3.73. The monoisotopic (exact) mass is 217 g/mol. The summed E-state index contributed by atoms with van der Waals surface area (Å²) >= 11 is 0. The molecule has 88 valence electrons. The van der Waals surface area contributed by atoms with Crippen LogP contribution in [-0.4, -0.2) is 6.04 Å². The average molecular weight is 217 g/mol. The van der Waals surface area contributed by atoms with Gasteiger partial charge in [0.15, 0.2) is 0 Å². The lowest BCUT2D eigenvalue weighted by molar-refractivity contribution is 0.226. The molecular weight excluding hydrogens is 194 g/mol. The molecule has 1 saturated carbocycles. The van der Waals surface area contributed by atoms with Gasteiger partial charge in [0.1, 0.15) is 0 Å². The third-order valence-electron chi connectivity index (χ3n) is 3.97. The molecule has 0 aromatic heterocycles. The predicted molar refractivity (Wildman–Crippen MR) is 69.7 cm³/mol. The Morgan fingerprint density at radius 2 is 1.94 bits per heavy atom. The van der Waals surface area contributed by atoms with E-state index in [2.05, 4.69) is 51.2 Å². The summed E-state index contributed by atoms with van der Waals surface area (Å²) in [5.74, 6) is 0.920. The van der Waals surface area contributed by atoms with Gasteiger partial charge in [-0.1, -0.05) is 25.1 Å². The fraction of sp³-hybridized carbons (Fsp3) is 0.600. The highest BCUT2D eigenvalue weighted by Crippen LogP contribution is 2.29. The van der Waals surface area contributed by atoms with Crippen LogP contribution in [0, 0.1) is 19.8 Å². The minimum absolute atomic E-state index is 0.484. The van der Waals surface area contributed by atoms with Crippen LogP contribution in [0.4, 0.5) is 0 Å². The molecule has 16 heavy (non-hydrogen) atoms. The average Bonchev–Trinajstić information content (AvgIpc) is 2.19. The highest BCUT2D eigenvalue weighted by atomic mass is 15.0. The van der Waals surface area contributed by atoms with Gasteiger partial charge in [0.2, 0.25) is 0 Å². The quantitative estimate of drug-likeness (QED) is 0.813. The molecule has 1 heteroatoms. The topological polar surface area (TPSA) is 12.0 Å². The van der Waals surface area contributed by atoms with Gasteiger partial charge in [-0.15, -0.1) is 0 Å². The van der Waals surface area contributed by atoms with E-state index >= 15 is 0 Å². The Labute approximate surface area is 99.3 Å². The Balaban J connectivity index is 2.03. The summed E-state index contributed by atoms with van der Waals surface area (Å²) in [4.78, 5) is 0. The molecule has 1 aliphatic carbocycles. The molecule has 0 amide bonds. The van der Waals surface area contributed by atoms with Crippen molar-refractivity contribution in [1.29, 1.82) is 0 Å². The van der Waals surface area contributed by atoms with Crippen molar-refractivity contribution in [2.45, 2.75) is 52.6 Å². The van der Waals surface area contributed by atoms with E-state index in [0.29, 0.717) is 6.04 Å². The maximum atomic E-state index is 3.73. The molecule has 0 saturated heterocycles. The molecule has 0 bridgehead atoms. The molecule has 0 aliphatic heterocycles. The van der Waals surface area contributed by atoms with E-state index in [9.17, 15) is 0 Å². The van der Waals surface area contributed by atoms with Crippen LogP contribution in [0.3, 0.4) is 0 Å². The number of hydrogen-bond acceptors (Lipinski definition) is 1.